The third-order valence-electron chi connectivity index (χ3n) is 4.74. The molecule has 0 saturated carbocycles. The molecular formula is C24H30N2O5. The predicted octanol–water partition coefficient (Wildman–Crippen LogP) is 3.68. The zero-order chi connectivity index (χ0) is 23.2. The second-order valence-electron chi connectivity index (χ2n) is 8.29. The monoisotopic (exact) mass is 426 g/mol. The SMILES string of the molecule is COc1ccccc1NC(=O)[C@H](C)OC(=O)[C@H](C)NC(=O)c1ccc(C(C)(C)C)cc1. The number of ether oxygens (including phenoxy) is 2. The number of esters is 1. The fraction of sp³-hybridized carbons (Fsp3) is 0.375. The van der Waals surface area contributed by atoms with E-state index < -0.39 is 29.9 Å². The number of benzene rings is 2. The molecule has 0 aliphatic rings. The fourth-order valence-electron chi connectivity index (χ4n) is 2.77. The summed E-state index contributed by atoms with van der Waals surface area (Å²) in [6.07, 6.45) is -1.05. The second-order valence-corrected chi connectivity index (χ2v) is 8.29. The lowest BCUT2D eigenvalue weighted by Crippen LogP contribution is -2.42. The zero-order valence-electron chi connectivity index (χ0n) is 18.8. The summed E-state index contributed by atoms with van der Waals surface area (Å²) >= 11 is 0. The normalized spacial score (nSPS) is 13.0. The average Bonchev–Trinajstić information content (AvgIpc) is 2.73. The number of amides is 2. The van der Waals surface area contributed by atoms with E-state index in [1.807, 2.05) is 12.1 Å². The van der Waals surface area contributed by atoms with Crippen molar-refractivity contribution in [2.24, 2.45) is 0 Å². The van der Waals surface area contributed by atoms with Gasteiger partial charge in [0.25, 0.3) is 11.8 Å². The molecule has 31 heavy (non-hydrogen) atoms. The Hall–Kier alpha value is -3.35. The molecule has 2 N–H and O–H groups in total. The number of carbonyl (C=O) groups excluding carboxylic acids is 3. The molecule has 0 aromatic heterocycles. The Bertz CT molecular complexity index is 932. The van der Waals surface area contributed by atoms with E-state index in [0.29, 0.717) is 17.0 Å². The minimum Gasteiger partial charge on any atom is -0.495 e. The molecule has 2 aromatic carbocycles. The molecule has 2 atom stereocenters. The van der Waals surface area contributed by atoms with Crippen LogP contribution < -0.4 is 15.4 Å². The van der Waals surface area contributed by atoms with Crippen molar-refractivity contribution >= 4 is 23.5 Å². The Labute approximate surface area is 183 Å². The van der Waals surface area contributed by atoms with Crippen LogP contribution in [0.25, 0.3) is 0 Å². The Morgan fingerprint density at radius 3 is 2.13 bits per heavy atom. The molecule has 7 nitrogen and oxygen atoms in total. The van der Waals surface area contributed by atoms with Gasteiger partial charge in [0.05, 0.1) is 12.8 Å². The van der Waals surface area contributed by atoms with Gasteiger partial charge in [0.2, 0.25) is 0 Å². The number of para-hydroxylation sites is 2. The molecule has 0 unspecified atom stereocenters. The molecule has 0 aliphatic heterocycles. The van der Waals surface area contributed by atoms with Crippen molar-refractivity contribution < 1.29 is 23.9 Å². The van der Waals surface area contributed by atoms with Crippen LogP contribution in [0.15, 0.2) is 48.5 Å². The number of hydrogen-bond donors (Lipinski definition) is 2. The maximum absolute atomic E-state index is 12.4. The first-order chi connectivity index (χ1) is 14.5. The summed E-state index contributed by atoms with van der Waals surface area (Å²) in [4.78, 5) is 37.1. The lowest BCUT2D eigenvalue weighted by atomic mass is 9.86. The highest BCUT2D eigenvalue weighted by molar-refractivity contribution is 5.98. The molecule has 7 heteroatoms. The van der Waals surface area contributed by atoms with Gasteiger partial charge in [-0.15, -0.1) is 0 Å². The molecule has 0 aliphatic carbocycles. The lowest BCUT2D eigenvalue weighted by molar-refractivity contribution is -0.154. The van der Waals surface area contributed by atoms with Crippen LogP contribution in [0.5, 0.6) is 5.75 Å². The number of nitrogens with one attached hydrogen (secondary N) is 2. The number of methoxy groups -OCH3 is 1. The van der Waals surface area contributed by atoms with Gasteiger partial charge in [0.1, 0.15) is 11.8 Å². The van der Waals surface area contributed by atoms with E-state index in [1.165, 1.54) is 21.0 Å². The van der Waals surface area contributed by atoms with Gasteiger partial charge in [-0.3, -0.25) is 9.59 Å². The van der Waals surface area contributed by atoms with Gasteiger partial charge in [-0.05, 0) is 49.1 Å². The van der Waals surface area contributed by atoms with Crippen molar-refractivity contribution in [1.29, 1.82) is 0 Å². The van der Waals surface area contributed by atoms with E-state index in [2.05, 4.69) is 31.4 Å². The maximum atomic E-state index is 12.4. The van der Waals surface area contributed by atoms with E-state index in [-0.39, 0.29) is 5.41 Å². The van der Waals surface area contributed by atoms with Gasteiger partial charge in [-0.25, -0.2) is 4.79 Å². The largest absolute Gasteiger partial charge is 0.495 e. The van der Waals surface area contributed by atoms with Gasteiger partial charge < -0.3 is 20.1 Å². The maximum Gasteiger partial charge on any atom is 0.329 e. The molecule has 0 saturated heterocycles. The minimum absolute atomic E-state index is 0.0212. The van der Waals surface area contributed by atoms with Crippen molar-refractivity contribution in [2.75, 3.05) is 12.4 Å². The van der Waals surface area contributed by atoms with Crippen LogP contribution in [-0.2, 0) is 19.7 Å². The highest BCUT2D eigenvalue weighted by atomic mass is 16.5. The molecule has 0 heterocycles. The Morgan fingerprint density at radius 2 is 1.55 bits per heavy atom. The number of hydrogen-bond acceptors (Lipinski definition) is 5. The lowest BCUT2D eigenvalue weighted by Gasteiger charge is -2.20. The smallest absolute Gasteiger partial charge is 0.329 e. The number of anilines is 1. The predicted molar refractivity (Wildman–Crippen MR) is 119 cm³/mol. The van der Waals surface area contributed by atoms with E-state index >= 15 is 0 Å². The molecule has 0 bridgehead atoms. The summed E-state index contributed by atoms with van der Waals surface area (Å²) in [5.74, 6) is -1.11. The summed E-state index contributed by atoms with van der Waals surface area (Å²) < 4.78 is 10.4. The first-order valence-corrected chi connectivity index (χ1v) is 10.1. The molecule has 0 radical (unpaired) electrons. The first kappa shape index (κ1) is 23.9. The highest BCUT2D eigenvalue weighted by Crippen LogP contribution is 2.23. The van der Waals surface area contributed by atoms with Crippen LogP contribution in [0.4, 0.5) is 5.69 Å². The van der Waals surface area contributed by atoms with Gasteiger partial charge in [-0.2, -0.15) is 0 Å². The van der Waals surface area contributed by atoms with Crippen molar-refractivity contribution in [3.8, 4) is 5.75 Å². The molecule has 2 amide bonds. The Balaban J connectivity index is 1.92. The molecule has 0 fully saturated rings. The summed E-state index contributed by atoms with van der Waals surface area (Å²) in [7, 11) is 1.50. The molecule has 0 spiro atoms. The fourth-order valence-corrected chi connectivity index (χ4v) is 2.77. The molecular weight excluding hydrogens is 396 g/mol. The summed E-state index contributed by atoms with van der Waals surface area (Å²) in [6, 6.07) is 13.2. The zero-order valence-corrected chi connectivity index (χ0v) is 18.8. The third kappa shape index (κ3) is 6.57. The summed E-state index contributed by atoms with van der Waals surface area (Å²) in [6.45, 7) is 9.24. The number of rotatable bonds is 7. The average molecular weight is 427 g/mol. The second kappa shape index (κ2) is 10.1. The number of carbonyl (C=O) groups is 3. The van der Waals surface area contributed by atoms with Gasteiger partial charge in [0, 0.05) is 5.56 Å². The van der Waals surface area contributed by atoms with Crippen molar-refractivity contribution in [1.82, 2.24) is 5.32 Å². The molecule has 2 rings (SSSR count). The Kier molecular flexibility index (Phi) is 7.80. The molecule has 2 aromatic rings. The van der Waals surface area contributed by atoms with Crippen molar-refractivity contribution in [3.05, 3.63) is 59.7 Å². The Morgan fingerprint density at radius 1 is 0.935 bits per heavy atom. The van der Waals surface area contributed by atoms with E-state index in [0.717, 1.165) is 5.56 Å². The third-order valence-corrected chi connectivity index (χ3v) is 4.74. The van der Waals surface area contributed by atoms with Crippen molar-refractivity contribution in [2.45, 2.75) is 52.2 Å². The van der Waals surface area contributed by atoms with Crippen LogP contribution in [0.3, 0.4) is 0 Å². The van der Waals surface area contributed by atoms with Crippen LogP contribution in [0.2, 0.25) is 0 Å². The van der Waals surface area contributed by atoms with E-state index in [4.69, 9.17) is 9.47 Å². The van der Waals surface area contributed by atoms with Crippen LogP contribution >= 0.6 is 0 Å². The quantitative estimate of drug-likeness (QED) is 0.659. The van der Waals surface area contributed by atoms with Gasteiger partial charge in [0.15, 0.2) is 6.10 Å². The van der Waals surface area contributed by atoms with Gasteiger partial charge >= 0.3 is 5.97 Å². The first-order valence-electron chi connectivity index (χ1n) is 10.1. The van der Waals surface area contributed by atoms with Crippen LogP contribution in [0, 0.1) is 0 Å². The van der Waals surface area contributed by atoms with E-state index in [1.54, 1.807) is 36.4 Å². The summed E-state index contributed by atoms with van der Waals surface area (Å²) in [5, 5.41) is 5.26. The van der Waals surface area contributed by atoms with Crippen LogP contribution in [0.1, 0.15) is 50.5 Å². The topological polar surface area (TPSA) is 93.7 Å². The van der Waals surface area contributed by atoms with Crippen molar-refractivity contribution in [3.63, 3.8) is 0 Å². The summed E-state index contributed by atoms with van der Waals surface area (Å²) in [5.41, 5.74) is 1.99. The highest BCUT2D eigenvalue weighted by Gasteiger charge is 2.24. The minimum atomic E-state index is -1.05. The molecule has 166 valence electrons. The van der Waals surface area contributed by atoms with E-state index in [9.17, 15) is 14.4 Å². The van der Waals surface area contributed by atoms with Gasteiger partial charge in [-0.1, -0.05) is 45.0 Å². The van der Waals surface area contributed by atoms with Crippen LogP contribution in [-0.4, -0.2) is 37.0 Å². The standard InChI is InChI=1S/C24H30N2O5/c1-15(25-22(28)17-11-13-18(14-12-17)24(3,4)5)23(29)31-16(2)21(27)26-19-9-7-8-10-20(19)30-6/h7-16H,1-6H3,(H,25,28)(H,26,27)/t15-,16-/m0/s1.